The molecule has 2 aliphatic carbocycles. The van der Waals surface area contributed by atoms with Gasteiger partial charge in [0.1, 0.15) is 39.9 Å². The van der Waals surface area contributed by atoms with E-state index in [-0.39, 0.29) is 31.2 Å². The highest BCUT2D eigenvalue weighted by molar-refractivity contribution is 7.91. The minimum atomic E-state index is -3.93. The zero-order chi connectivity index (χ0) is 36.1. The fourth-order valence-corrected chi connectivity index (χ4v) is 8.98. The van der Waals surface area contributed by atoms with E-state index in [1.807, 2.05) is 41.8 Å². The van der Waals surface area contributed by atoms with Crippen LogP contribution in [0.25, 0.3) is 21.6 Å². The number of hydrogen-bond donors (Lipinski definition) is 3. The molecule has 4 aliphatic rings. The Hall–Kier alpha value is -4.24. The van der Waals surface area contributed by atoms with Crippen LogP contribution in [0.5, 0.6) is 11.5 Å². The molecule has 7 rings (SSSR count). The van der Waals surface area contributed by atoms with Gasteiger partial charge in [-0.3, -0.25) is 14.3 Å². The van der Waals surface area contributed by atoms with Crippen LogP contribution >= 0.6 is 11.3 Å². The van der Waals surface area contributed by atoms with Crippen molar-refractivity contribution in [2.24, 2.45) is 5.92 Å². The number of nitrogens with one attached hydrogen (secondary N) is 3. The molecule has 3 N–H and O–H groups in total. The van der Waals surface area contributed by atoms with Crippen LogP contribution in [-0.2, 0) is 19.6 Å². The van der Waals surface area contributed by atoms with Crippen LogP contribution < -0.4 is 24.8 Å². The van der Waals surface area contributed by atoms with E-state index in [2.05, 4.69) is 29.2 Å². The van der Waals surface area contributed by atoms with E-state index < -0.39 is 50.3 Å². The van der Waals surface area contributed by atoms with E-state index in [9.17, 15) is 22.8 Å². The Morgan fingerprint density at radius 3 is 2.69 bits per heavy atom. The smallest absolute Gasteiger partial charge is 0.318 e. The molecular weight excluding hydrogens is 693 g/mol. The lowest BCUT2D eigenvalue weighted by Crippen LogP contribution is -2.57. The highest BCUT2D eigenvalue weighted by atomic mass is 32.2. The number of thiazole rings is 1. The number of urea groups is 1. The van der Waals surface area contributed by atoms with E-state index >= 15 is 0 Å². The summed E-state index contributed by atoms with van der Waals surface area (Å²) in [6.45, 7) is 6.33. The summed E-state index contributed by atoms with van der Waals surface area (Å²) in [6.07, 6.45) is 6.89. The van der Waals surface area contributed by atoms with Crippen molar-refractivity contribution in [2.75, 3.05) is 20.2 Å². The summed E-state index contributed by atoms with van der Waals surface area (Å²) in [5.41, 5.74) is 0.803. The van der Waals surface area contributed by atoms with Crippen molar-refractivity contribution in [1.82, 2.24) is 30.2 Å². The number of ether oxygens (including phenoxy) is 2. The zero-order valence-electron chi connectivity index (χ0n) is 29.2. The molecule has 51 heavy (non-hydrogen) atoms. The first-order chi connectivity index (χ1) is 24.3. The first-order valence-electron chi connectivity index (χ1n) is 17.5. The molecule has 0 spiro atoms. The Morgan fingerprint density at radius 2 is 1.96 bits per heavy atom. The van der Waals surface area contributed by atoms with Gasteiger partial charge < -0.3 is 25.0 Å². The van der Waals surface area contributed by atoms with Crippen LogP contribution in [0.3, 0.4) is 0 Å². The molecule has 2 aliphatic heterocycles. The number of methoxy groups -OCH3 is 1. The van der Waals surface area contributed by atoms with Gasteiger partial charge in [-0.2, -0.15) is 0 Å². The first-order valence-corrected chi connectivity index (χ1v) is 19.9. The standard InChI is InChI=1S/C36H44N6O7S2/c1-21(2)28-20-50-32(39-28)27-17-30(25-11-10-23(48-4)15-26(25)38-27)49-24-16-29-31(43)40-36(33(44)41-51(46,47)35(3)12-13-35)18-22(36)9-7-5-6-8-14-37-34(45)42(29)19-24/h7,9-11,15,17,20-22,24,29H,5-6,8,12-14,16,18-19H2,1-4H3,(H,37,45)(H,40,43)(H,41,44)/b9-7-/t22-,24+,29-,36-/m0/s1. The summed E-state index contributed by atoms with van der Waals surface area (Å²) in [6, 6.07) is 5.99. The van der Waals surface area contributed by atoms with Crippen molar-refractivity contribution in [2.45, 2.75) is 94.1 Å². The van der Waals surface area contributed by atoms with Crippen molar-refractivity contribution in [3.8, 4) is 22.2 Å². The van der Waals surface area contributed by atoms with Gasteiger partial charge in [-0.1, -0.05) is 26.0 Å². The normalized spacial score (nSPS) is 26.7. The van der Waals surface area contributed by atoms with Gasteiger partial charge in [-0.05, 0) is 63.5 Å². The third-order valence-electron chi connectivity index (χ3n) is 10.5. The summed E-state index contributed by atoms with van der Waals surface area (Å²) in [5, 5.41) is 9.34. The van der Waals surface area contributed by atoms with Gasteiger partial charge in [0.25, 0.3) is 5.91 Å². The molecule has 0 radical (unpaired) electrons. The molecule has 4 amide bonds. The number of allylic oxidation sites excluding steroid dienone is 1. The van der Waals surface area contributed by atoms with Gasteiger partial charge in [-0.15, -0.1) is 11.3 Å². The molecule has 0 bridgehead atoms. The molecule has 272 valence electrons. The van der Waals surface area contributed by atoms with Gasteiger partial charge >= 0.3 is 6.03 Å². The minimum Gasteiger partial charge on any atom is -0.497 e. The van der Waals surface area contributed by atoms with Crippen LogP contribution in [0, 0.1) is 5.92 Å². The highest BCUT2D eigenvalue weighted by Gasteiger charge is 2.63. The summed E-state index contributed by atoms with van der Waals surface area (Å²) < 4.78 is 39.5. The maximum atomic E-state index is 14.1. The second-order valence-corrected chi connectivity index (χ2v) is 17.6. The van der Waals surface area contributed by atoms with Crippen molar-refractivity contribution < 1.29 is 32.3 Å². The van der Waals surface area contributed by atoms with E-state index in [4.69, 9.17) is 19.4 Å². The largest absolute Gasteiger partial charge is 0.497 e. The lowest BCUT2D eigenvalue weighted by Gasteiger charge is -2.27. The molecule has 0 unspecified atom stereocenters. The quantitative estimate of drug-likeness (QED) is 0.279. The van der Waals surface area contributed by atoms with Gasteiger partial charge in [-0.25, -0.2) is 23.2 Å². The second-order valence-electron chi connectivity index (χ2n) is 14.6. The number of aromatic nitrogens is 2. The van der Waals surface area contributed by atoms with Crippen LogP contribution in [-0.4, -0.2) is 83.8 Å². The predicted molar refractivity (Wildman–Crippen MR) is 193 cm³/mol. The lowest BCUT2D eigenvalue weighted by molar-refractivity contribution is -0.131. The summed E-state index contributed by atoms with van der Waals surface area (Å²) in [7, 11) is -2.34. The topological polar surface area (TPSA) is 169 Å². The van der Waals surface area contributed by atoms with E-state index in [1.54, 1.807) is 14.0 Å². The van der Waals surface area contributed by atoms with Gasteiger partial charge in [0.05, 0.1) is 29.6 Å². The summed E-state index contributed by atoms with van der Waals surface area (Å²) in [5.74, 6) is -0.248. The molecule has 3 fully saturated rings. The summed E-state index contributed by atoms with van der Waals surface area (Å²) in [4.78, 5) is 52.5. The number of rotatable bonds is 8. The molecule has 13 nitrogen and oxygen atoms in total. The maximum Gasteiger partial charge on any atom is 0.318 e. The Bertz CT molecular complexity index is 2010. The SMILES string of the molecule is COc1ccc2c(O[C@@H]3C[C@H]4C(=O)N[C@@]5(C(=O)NS(=O)(=O)C6(C)CC6)C[C@@H]5/C=C\CCCCNC(=O)N4C3)cc(-c3nc(C(C)C)cs3)nc2c1. The average molecular weight is 737 g/mol. The van der Waals surface area contributed by atoms with E-state index in [0.717, 1.165) is 35.4 Å². The fourth-order valence-electron chi connectivity index (χ4n) is 6.73. The number of benzene rings is 1. The third-order valence-corrected chi connectivity index (χ3v) is 13.5. The first kappa shape index (κ1) is 35.2. The number of carbonyl (C=O) groups excluding carboxylic acids is 3. The van der Waals surface area contributed by atoms with Crippen molar-refractivity contribution in [1.29, 1.82) is 0 Å². The van der Waals surface area contributed by atoms with Crippen LogP contribution in [0.2, 0.25) is 0 Å². The third kappa shape index (κ3) is 6.89. The molecule has 2 saturated carbocycles. The van der Waals surface area contributed by atoms with E-state index in [1.165, 1.54) is 16.2 Å². The number of fused-ring (bicyclic) bond motifs is 3. The molecule has 4 heterocycles. The van der Waals surface area contributed by atoms with Gasteiger partial charge in [0, 0.05) is 41.8 Å². The molecule has 1 aromatic carbocycles. The maximum absolute atomic E-state index is 14.1. The monoisotopic (exact) mass is 736 g/mol. The molecule has 15 heteroatoms. The van der Waals surface area contributed by atoms with Crippen LogP contribution in [0.4, 0.5) is 4.79 Å². The van der Waals surface area contributed by atoms with Crippen molar-refractivity contribution in [3.63, 3.8) is 0 Å². The minimum absolute atomic E-state index is 0.114. The lowest BCUT2D eigenvalue weighted by atomic mass is 10.1. The van der Waals surface area contributed by atoms with Gasteiger partial charge in [0.2, 0.25) is 15.9 Å². The Balaban J connectivity index is 1.18. The van der Waals surface area contributed by atoms with E-state index in [0.29, 0.717) is 42.1 Å². The number of pyridine rings is 1. The zero-order valence-corrected chi connectivity index (χ0v) is 30.9. The number of hydrogen-bond acceptors (Lipinski definition) is 10. The molecule has 1 saturated heterocycles. The number of carbonyl (C=O) groups is 3. The number of amides is 4. The van der Waals surface area contributed by atoms with Crippen LogP contribution in [0.15, 0.2) is 41.8 Å². The Kier molecular flexibility index (Phi) is 9.23. The van der Waals surface area contributed by atoms with Crippen molar-refractivity contribution in [3.05, 3.63) is 47.5 Å². The molecule has 4 atom stereocenters. The van der Waals surface area contributed by atoms with Crippen molar-refractivity contribution >= 4 is 50.1 Å². The number of nitrogens with zero attached hydrogens (tertiary/aromatic N) is 3. The summed E-state index contributed by atoms with van der Waals surface area (Å²) >= 11 is 1.50. The number of sulfonamides is 1. The second kappa shape index (κ2) is 13.4. The Labute approximate surface area is 301 Å². The van der Waals surface area contributed by atoms with Gasteiger partial charge in [0.15, 0.2) is 0 Å². The highest BCUT2D eigenvalue weighted by Crippen LogP contribution is 2.47. The fraction of sp³-hybridized carbons (Fsp3) is 0.528. The Morgan fingerprint density at radius 1 is 1.16 bits per heavy atom. The predicted octanol–water partition coefficient (Wildman–Crippen LogP) is 4.64. The van der Waals surface area contributed by atoms with Crippen LogP contribution in [0.1, 0.15) is 77.3 Å². The average Bonchev–Trinajstić information content (AvgIpc) is 3.86. The molecule has 2 aromatic heterocycles. The molecule has 3 aromatic rings. The molecular formula is C36H44N6O7S2.